The van der Waals surface area contributed by atoms with Gasteiger partial charge in [0.1, 0.15) is 13.1 Å². The van der Waals surface area contributed by atoms with Crippen LogP contribution in [-0.4, -0.2) is 12.5 Å². The molecule has 4 rings (SSSR count). The van der Waals surface area contributed by atoms with Crippen molar-refractivity contribution >= 4 is 45.3 Å². The fourth-order valence-electron chi connectivity index (χ4n) is 3.85. The number of hydrogen-bond donors (Lipinski definition) is 0. The predicted octanol–water partition coefficient (Wildman–Crippen LogP) is -0.500. The summed E-state index contributed by atoms with van der Waals surface area (Å²) in [5, 5.41) is 5.30. The van der Waals surface area contributed by atoms with Crippen LogP contribution in [0.3, 0.4) is 0 Å². The molecule has 0 bridgehead atoms. The Bertz CT molecular complexity index is 1030. The summed E-state index contributed by atoms with van der Waals surface area (Å²) in [6, 6.07) is 26.3. The third kappa shape index (κ3) is 5.39. The van der Waals surface area contributed by atoms with Gasteiger partial charge >= 0.3 is 0 Å². The summed E-state index contributed by atoms with van der Waals surface area (Å²) >= 11 is 3.65. The molecule has 30 heavy (non-hydrogen) atoms. The lowest BCUT2D eigenvalue weighted by Crippen LogP contribution is -3.00. The average molecular weight is 566 g/mol. The van der Waals surface area contributed by atoms with Crippen LogP contribution in [-0.2, 0) is 13.1 Å². The topological polar surface area (TPSA) is 7.76 Å². The Balaban J connectivity index is 0.00000160. The van der Waals surface area contributed by atoms with Gasteiger partial charge in [-0.05, 0) is 36.8 Å². The van der Waals surface area contributed by atoms with Crippen LogP contribution < -0.4 is 43.1 Å². The minimum atomic E-state index is 0. The van der Waals surface area contributed by atoms with Crippen LogP contribution in [0.2, 0.25) is 0 Å². The lowest BCUT2D eigenvalue weighted by atomic mass is 10.2. The Kier molecular flexibility index (Phi) is 10.1. The number of hydrogen-bond acceptors (Lipinski definition) is 2. The van der Waals surface area contributed by atoms with Crippen LogP contribution >= 0.6 is 23.5 Å². The smallest absolute Gasteiger partial charge is 0.240 e. The molecule has 6 heteroatoms. The Morgan fingerprint density at radius 2 is 0.967 bits per heavy atom. The summed E-state index contributed by atoms with van der Waals surface area (Å²) < 4.78 is 4.95. The number of nitrogens with zero attached hydrogens (tertiary/aromatic N) is 2. The van der Waals surface area contributed by atoms with Gasteiger partial charge in [-0.1, -0.05) is 47.8 Å². The highest BCUT2D eigenvalue weighted by atomic mass is 79.9. The van der Waals surface area contributed by atoms with E-state index in [0.717, 1.165) is 25.9 Å². The number of rotatable bonds is 7. The molecule has 0 saturated carbocycles. The zero-order valence-corrected chi connectivity index (χ0v) is 22.0. The monoisotopic (exact) mass is 564 g/mol. The Morgan fingerprint density at radius 1 is 0.567 bits per heavy atom. The van der Waals surface area contributed by atoms with Crippen molar-refractivity contribution < 1.29 is 43.1 Å². The van der Waals surface area contributed by atoms with Gasteiger partial charge in [-0.2, -0.15) is 9.13 Å². The van der Waals surface area contributed by atoms with E-state index in [1.54, 1.807) is 0 Å². The van der Waals surface area contributed by atoms with Crippen LogP contribution in [0.4, 0.5) is 0 Å². The number of aryl methyl sites for hydroxylation is 2. The number of thioether (sulfide) groups is 2. The van der Waals surface area contributed by atoms with Gasteiger partial charge in [0.2, 0.25) is 21.1 Å². The second kappa shape index (κ2) is 12.1. The highest BCUT2D eigenvalue weighted by Gasteiger charge is 2.17. The van der Waals surface area contributed by atoms with E-state index in [1.165, 1.54) is 31.9 Å². The summed E-state index contributed by atoms with van der Waals surface area (Å²) in [4.78, 5) is 0. The van der Waals surface area contributed by atoms with Crippen molar-refractivity contribution in [1.82, 2.24) is 0 Å². The maximum absolute atomic E-state index is 2.48. The van der Waals surface area contributed by atoms with Crippen molar-refractivity contribution in [2.75, 3.05) is 12.5 Å². The molecule has 2 aromatic heterocycles. The van der Waals surface area contributed by atoms with Crippen LogP contribution in [0, 0.1) is 0 Å². The number of fused-ring (bicyclic) bond motifs is 2. The molecule has 0 spiro atoms. The van der Waals surface area contributed by atoms with Gasteiger partial charge in [0.25, 0.3) is 0 Å². The van der Waals surface area contributed by atoms with Crippen LogP contribution in [0.25, 0.3) is 21.8 Å². The van der Waals surface area contributed by atoms with Gasteiger partial charge in [-0.15, -0.1) is 0 Å². The molecule has 2 heterocycles. The van der Waals surface area contributed by atoms with Crippen molar-refractivity contribution in [3.63, 3.8) is 0 Å². The first-order chi connectivity index (χ1) is 13.8. The highest BCUT2D eigenvalue weighted by molar-refractivity contribution is 7.98. The van der Waals surface area contributed by atoms with Crippen molar-refractivity contribution in [1.29, 1.82) is 0 Å². The minimum absolute atomic E-state index is 0. The minimum Gasteiger partial charge on any atom is -1.00 e. The van der Waals surface area contributed by atoms with E-state index in [0.29, 0.717) is 0 Å². The van der Waals surface area contributed by atoms with Crippen LogP contribution in [0.5, 0.6) is 0 Å². The summed E-state index contributed by atoms with van der Waals surface area (Å²) in [6.07, 6.45) is 6.65. The molecular formula is C24H26Br2N2S2. The average Bonchev–Trinajstić information content (AvgIpc) is 2.76. The first-order valence-corrected chi connectivity index (χ1v) is 12.2. The molecule has 158 valence electrons. The molecule has 2 aromatic carbocycles. The third-order valence-corrected chi connectivity index (χ3v) is 6.78. The van der Waals surface area contributed by atoms with E-state index in [9.17, 15) is 0 Å². The molecule has 0 aliphatic carbocycles. The first kappa shape index (κ1) is 25.2. The van der Waals surface area contributed by atoms with Gasteiger partial charge in [-0.3, -0.25) is 0 Å². The maximum Gasteiger partial charge on any atom is 0.240 e. The van der Waals surface area contributed by atoms with E-state index in [4.69, 9.17) is 0 Å². The first-order valence-electron chi connectivity index (χ1n) is 9.73. The Labute approximate surface area is 208 Å². The molecular weight excluding hydrogens is 540 g/mol. The third-order valence-electron chi connectivity index (χ3n) is 5.23. The van der Waals surface area contributed by atoms with Crippen LogP contribution in [0.15, 0.2) is 82.8 Å². The summed E-state index contributed by atoms with van der Waals surface area (Å²) in [5.74, 6) is 0. The zero-order valence-electron chi connectivity index (χ0n) is 17.2. The Hall–Kier alpha value is -1.08. The second-order valence-electron chi connectivity index (χ2n) is 6.88. The number of para-hydroxylation sites is 2. The fraction of sp³-hybridized carbons (Fsp3) is 0.250. The predicted molar refractivity (Wildman–Crippen MR) is 121 cm³/mol. The summed E-state index contributed by atoms with van der Waals surface area (Å²) in [6.45, 7) is 2.11. The van der Waals surface area contributed by atoms with Crippen molar-refractivity contribution in [2.24, 2.45) is 0 Å². The molecule has 0 N–H and O–H groups in total. The van der Waals surface area contributed by atoms with Gasteiger partial charge in [0.15, 0.2) is 0 Å². The molecule has 2 nitrogen and oxygen atoms in total. The number of halogens is 2. The molecule has 0 aliphatic heterocycles. The summed E-state index contributed by atoms with van der Waals surface area (Å²) in [7, 11) is 0. The second-order valence-corrected chi connectivity index (χ2v) is 8.53. The highest BCUT2D eigenvalue weighted by Crippen LogP contribution is 2.18. The number of aromatic nitrogens is 2. The molecule has 0 unspecified atom stereocenters. The van der Waals surface area contributed by atoms with Gasteiger partial charge in [-0.25, -0.2) is 0 Å². The normalized spacial score (nSPS) is 10.6. The maximum atomic E-state index is 2.48. The summed E-state index contributed by atoms with van der Waals surface area (Å²) in [5.41, 5.74) is 2.66. The largest absolute Gasteiger partial charge is 1.00 e. The molecule has 0 radical (unpaired) electrons. The van der Waals surface area contributed by atoms with Gasteiger partial charge in [0.05, 0.1) is 0 Å². The molecule has 4 aromatic rings. The van der Waals surface area contributed by atoms with Crippen molar-refractivity contribution in [3.8, 4) is 0 Å². The lowest BCUT2D eigenvalue weighted by Gasteiger charge is -2.07. The molecule has 0 saturated heterocycles. The van der Waals surface area contributed by atoms with Crippen molar-refractivity contribution in [3.05, 3.63) is 72.8 Å². The standard InChI is InChI=1S/C24H26N2S2.2BrH/c1-27-23-15-13-19-9-3-5-11-21(19)25(23)17-7-8-18-26-22-12-6-4-10-20(22)14-16-24(26)28-2;;/h3-6,9-16H,7-8,17-18H2,1-2H3;2*1H/q+2;;/p-2. The molecule has 0 aliphatic rings. The quantitative estimate of drug-likeness (QED) is 0.170. The number of pyridine rings is 2. The van der Waals surface area contributed by atoms with E-state index >= 15 is 0 Å². The molecule has 0 fully saturated rings. The van der Waals surface area contributed by atoms with E-state index in [1.807, 2.05) is 23.5 Å². The fourth-order valence-corrected chi connectivity index (χ4v) is 5.07. The van der Waals surface area contributed by atoms with Crippen LogP contribution in [0.1, 0.15) is 12.8 Å². The SMILES string of the molecule is CSc1ccc2ccccc2[n+]1CCCC[n+]1c(SC)ccc2ccccc21.[Br-].[Br-]. The van der Waals surface area contributed by atoms with Crippen molar-refractivity contribution in [2.45, 2.75) is 36.0 Å². The molecule has 0 atom stereocenters. The van der Waals surface area contributed by atoms with Gasteiger partial charge in [0, 0.05) is 47.9 Å². The van der Waals surface area contributed by atoms with E-state index < -0.39 is 0 Å². The number of benzene rings is 2. The zero-order chi connectivity index (χ0) is 19.3. The van der Waals surface area contributed by atoms with Gasteiger partial charge < -0.3 is 34.0 Å². The number of unbranched alkanes of at least 4 members (excludes halogenated alkanes) is 1. The molecule has 0 amide bonds. The van der Waals surface area contributed by atoms with E-state index in [-0.39, 0.29) is 34.0 Å². The lowest BCUT2D eigenvalue weighted by molar-refractivity contribution is -0.718. The van der Waals surface area contributed by atoms with E-state index in [2.05, 4.69) is 94.4 Å². The Morgan fingerprint density at radius 3 is 1.37 bits per heavy atom.